The molecule has 1 aromatic carbocycles. The van der Waals surface area contributed by atoms with Crippen molar-refractivity contribution in [3.63, 3.8) is 0 Å². The van der Waals surface area contributed by atoms with Gasteiger partial charge in [-0.2, -0.15) is 13.2 Å². The van der Waals surface area contributed by atoms with Crippen molar-refractivity contribution < 1.29 is 13.2 Å². The SMILES string of the molecule is C=CCCCC[C@H](c1ccc(C(F)(F)F)c(Cl)c1)N1CCNCC1.Cl. The van der Waals surface area contributed by atoms with Crippen LogP contribution in [-0.2, 0) is 6.18 Å². The van der Waals surface area contributed by atoms with Crippen molar-refractivity contribution in [3.05, 3.63) is 47.0 Å². The Morgan fingerprint density at radius 2 is 1.92 bits per heavy atom. The Morgan fingerprint density at radius 3 is 2.48 bits per heavy atom. The van der Waals surface area contributed by atoms with Crippen LogP contribution < -0.4 is 5.32 Å². The maximum absolute atomic E-state index is 12.9. The number of halogens is 5. The van der Waals surface area contributed by atoms with Crippen molar-refractivity contribution in [2.24, 2.45) is 0 Å². The Labute approximate surface area is 158 Å². The summed E-state index contributed by atoms with van der Waals surface area (Å²) in [5.74, 6) is 0. The second kappa shape index (κ2) is 10.4. The molecule has 1 N–H and O–H groups in total. The van der Waals surface area contributed by atoms with Crippen LogP contribution in [-0.4, -0.2) is 31.1 Å². The fourth-order valence-corrected chi connectivity index (χ4v) is 3.44. The molecular formula is C18H25Cl2F3N2. The molecule has 0 aromatic heterocycles. The molecule has 25 heavy (non-hydrogen) atoms. The molecule has 1 heterocycles. The summed E-state index contributed by atoms with van der Waals surface area (Å²) in [5.41, 5.74) is 0.104. The Balaban J connectivity index is 0.00000312. The number of nitrogens with zero attached hydrogens (tertiary/aromatic N) is 1. The molecule has 0 bridgehead atoms. The van der Waals surface area contributed by atoms with Crippen LogP contribution in [0.1, 0.15) is 42.9 Å². The minimum Gasteiger partial charge on any atom is -0.314 e. The van der Waals surface area contributed by atoms with Crippen LogP contribution >= 0.6 is 24.0 Å². The van der Waals surface area contributed by atoms with Crippen LogP contribution in [0.25, 0.3) is 0 Å². The maximum Gasteiger partial charge on any atom is 0.417 e. The summed E-state index contributed by atoms with van der Waals surface area (Å²) >= 11 is 5.92. The molecule has 1 aromatic rings. The zero-order chi connectivity index (χ0) is 17.6. The smallest absolute Gasteiger partial charge is 0.314 e. The predicted octanol–water partition coefficient (Wildman–Crippen LogP) is 5.47. The first-order valence-electron chi connectivity index (χ1n) is 8.36. The molecule has 2 nitrogen and oxygen atoms in total. The van der Waals surface area contributed by atoms with E-state index in [-0.39, 0.29) is 23.5 Å². The highest BCUT2D eigenvalue weighted by Crippen LogP contribution is 2.37. The summed E-state index contributed by atoms with van der Waals surface area (Å²) in [7, 11) is 0. The van der Waals surface area contributed by atoms with Gasteiger partial charge in [-0.1, -0.05) is 30.2 Å². The van der Waals surface area contributed by atoms with Gasteiger partial charge in [-0.3, -0.25) is 4.90 Å². The Bertz CT molecular complexity index is 544. The molecule has 0 radical (unpaired) electrons. The molecule has 0 saturated carbocycles. The maximum atomic E-state index is 12.9. The van der Waals surface area contributed by atoms with E-state index >= 15 is 0 Å². The van der Waals surface area contributed by atoms with Crippen LogP contribution in [0.5, 0.6) is 0 Å². The Morgan fingerprint density at radius 1 is 1.24 bits per heavy atom. The number of piperazine rings is 1. The summed E-state index contributed by atoms with van der Waals surface area (Å²) in [6.07, 6.45) is 1.41. The molecule has 0 spiro atoms. The number of rotatable bonds is 7. The monoisotopic (exact) mass is 396 g/mol. The molecule has 1 saturated heterocycles. The van der Waals surface area contributed by atoms with Gasteiger partial charge < -0.3 is 5.32 Å². The first kappa shape index (κ1) is 22.3. The molecule has 1 fully saturated rings. The first-order chi connectivity index (χ1) is 11.4. The molecule has 0 unspecified atom stereocenters. The molecule has 2 rings (SSSR count). The summed E-state index contributed by atoms with van der Waals surface area (Å²) in [6.45, 7) is 7.31. The lowest BCUT2D eigenvalue weighted by Gasteiger charge is -2.35. The van der Waals surface area contributed by atoms with E-state index in [1.54, 1.807) is 6.07 Å². The van der Waals surface area contributed by atoms with Gasteiger partial charge in [0.1, 0.15) is 0 Å². The van der Waals surface area contributed by atoms with E-state index in [1.165, 1.54) is 6.07 Å². The predicted molar refractivity (Wildman–Crippen MR) is 99.6 cm³/mol. The van der Waals surface area contributed by atoms with Crippen molar-refractivity contribution in [1.29, 1.82) is 0 Å². The van der Waals surface area contributed by atoms with Crippen molar-refractivity contribution in [2.75, 3.05) is 26.2 Å². The van der Waals surface area contributed by atoms with E-state index in [1.807, 2.05) is 6.08 Å². The van der Waals surface area contributed by atoms with Gasteiger partial charge in [-0.05, 0) is 37.0 Å². The molecule has 142 valence electrons. The lowest BCUT2D eigenvalue weighted by molar-refractivity contribution is -0.137. The zero-order valence-electron chi connectivity index (χ0n) is 14.1. The number of benzene rings is 1. The van der Waals surface area contributed by atoms with Crippen molar-refractivity contribution in [1.82, 2.24) is 10.2 Å². The van der Waals surface area contributed by atoms with Gasteiger partial charge in [0.15, 0.2) is 0 Å². The third kappa shape index (κ3) is 6.48. The summed E-state index contributed by atoms with van der Waals surface area (Å²) in [6, 6.07) is 4.28. The minimum absolute atomic E-state index is 0. The lowest BCUT2D eigenvalue weighted by Crippen LogP contribution is -2.45. The van der Waals surface area contributed by atoms with Gasteiger partial charge in [-0.25, -0.2) is 0 Å². The van der Waals surface area contributed by atoms with Crippen LogP contribution in [0, 0.1) is 0 Å². The molecule has 0 aliphatic carbocycles. The quantitative estimate of drug-likeness (QED) is 0.485. The second-order valence-corrected chi connectivity index (χ2v) is 6.52. The number of nitrogens with one attached hydrogen (secondary N) is 1. The largest absolute Gasteiger partial charge is 0.417 e. The zero-order valence-corrected chi connectivity index (χ0v) is 15.7. The molecule has 1 aliphatic heterocycles. The van der Waals surface area contributed by atoms with Gasteiger partial charge in [0.25, 0.3) is 0 Å². The highest BCUT2D eigenvalue weighted by molar-refractivity contribution is 6.31. The van der Waals surface area contributed by atoms with E-state index in [4.69, 9.17) is 11.6 Å². The number of allylic oxidation sites excluding steroid dienone is 1. The topological polar surface area (TPSA) is 15.3 Å². The summed E-state index contributed by atoms with van der Waals surface area (Å²) < 4.78 is 38.7. The number of hydrogen-bond acceptors (Lipinski definition) is 2. The van der Waals surface area contributed by atoms with Gasteiger partial charge in [0, 0.05) is 32.2 Å². The average Bonchev–Trinajstić information content (AvgIpc) is 2.54. The Hall–Kier alpha value is -0.750. The average molecular weight is 397 g/mol. The van der Waals surface area contributed by atoms with Crippen LogP contribution in [0.2, 0.25) is 5.02 Å². The van der Waals surface area contributed by atoms with Gasteiger partial charge in [-0.15, -0.1) is 19.0 Å². The number of alkyl halides is 3. The van der Waals surface area contributed by atoms with E-state index in [2.05, 4.69) is 16.8 Å². The van der Waals surface area contributed by atoms with Crippen molar-refractivity contribution >= 4 is 24.0 Å². The third-order valence-electron chi connectivity index (χ3n) is 4.41. The van der Waals surface area contributed by atoms with Crippen LogP contribution in [0.4, 0.5) is 13.2 Å². The van der Waals surface area contributed by atoms with Gasteiger partial charge >= 0.3 is 6.18 Å². The van der Waals surface area contributed by atoms with E-state index < -0.39 is 11.7 Å². The van der Waals surface area contributed by atoms with E-state index in [0.29, 0.717) is 0 Å². The number of unbranched alkanes of at least 4 members (excludes halogenated alkanes) is 2. The van der Waals surface area contributed by atoms with Crippen LogP contribution in [0.15, 0.2) is 30.9 Å². The standard InChI is InChI=1S/C18H24ClF3N2.ClH/c1-2-3-4-5-6-17(24-11-9-23-10-12-24)14-7-8-15(16(19)13-14)18(20,21)22;/h2,7-8,13,17,23H,1,3-6,9-12H2;1H/t17-;/m1./s1. The summed E-state index contributed by atoms with van der Waals surface area (Å²) in [4.78, 5) is 2.34. The Kier molecular flexibility index (Phi) is 9.28. The van der Waals surface area contributed by atoms with Crippen LogP contribution in [0.3, 0.4) is 0 Å². The van der Waals surface area contributed by atoms with Crippen molar-refractivity contribution in [2.45, 2.75) is 37.9 Å². The molecular weight excluding hydrogens is 372 g/mol. The lowest BCUT2D eigenvalue weighted by atomic mass is 9.97. The second-order valence-electron chi connectivity index (χ2n) is 6.11. The van der Waals surface area contributed by atoms with Gasteiger partial charge in [0.05, 0.1) is 10.6 Å². The molecule has 7 heteroatoms. The van der Waals surface area contributed by atoms with Gasteiger partial charge in [0.2, 0.25) is 0 Å². The van der Waals surface area contributed by atoms with Crippen molar-refractivity contribution in [3.8, 4) is 0 Å². The summed E-state index contributed by atoms with van der Waals surface area (Å²) in [5, 5.41) is 3.09. The molecule has 0 amide bonds. The fourth-order valence-electron chi connectivity index (χ4n) is 3.15. The highest BCUT2D eigenvalue weighted by atomic mass is 35.5. The van der Waals surface area contributed by atoms with E-state index in [0.717, 1.165) is 63.5 Å². The molecule has 1 atom stereocenters. The fraction of sp³-hybridized carbons (Fsp3) is 0.556. The molecule has 1 aliphatic rings. The number of hydrogen-bond donors (Lipinski definition) is 1. The minimum atomic E-state index is -4.41. The highest BCUT2D eigenvalue weighted by Gasteiger charge is 2.33. The normalized spacial score (nSPS) is 17.0. The van der Waals surface area contributed by atoms with E-state index in [9.17, 15) is 13.2 Å². The first-order valence-corrected chi connectivity index (χ1v) is 8.73. The third-order valence-corrected chi connectivity index (χ3v) is 4.72.